The first-order valence-electron chi connectivity index (χ1n) is 7.15. The SMILES string of the molecule is CCn1cc(CNc2ncnc3c2ncn3C2CC2)nn1. The first kappa shape index (κ1) is 12.2. The molecular weight excluding hydrogens is 268 g/mol. The number of aromatic nitrogens is 7. The van der Waals surface area contributed by atoms with Crippen LogP contribution in [-0.2, 0) is 13.1 Å². The minimum Gasteiger partial charge on any atom is -0.362 e. The van der Waals surface area contributed by atoms with E-state index in [1.54, 1.807) is 11.0 Å². The van der Waals surface area contributed by atoms with Gasteiger partial charge < -0.3 is 9.88 Å². The molecule has 21 heavy (non-hydrogen) atoms. The maximum Gasteiger partial charge on any atom is 0.165 e. The zero-order valence-corrected chi connectivity index (χ0v) is 11.8. The Morgan fingerprint density at radius 1 is 1.29 bits per heavy atom. The summed E-state index contributed by atoms with van der Waals surface area (Å²) in [6, 6.07) is 0.558. The molecule has 1 fully saturated rings. The van der Waals surface area contributed by atoms with Gasteiger partial charge >= 0.3 is 0 Å². The van der Waals surface area contributed by atoms with Gasteiger partial charge in [0.05, 0.1) is 19.1 Å². The lowest BCUT2D eigenvalue weighted by Gasteiger charge is -2.04. The highest BCUT2D eigenvalue weighted by Crippen LogP contribution is 2.37. The van der Waals surface area contributed by atoms with Crippen molar-refractivity contribution in [1.82, 2.24) is 34.5 Å². The molecule has 0 saturated heterocycles. The maximum absolute atomic E-state index is 4.45. The van der Waals surface area contributed by atoms with E-state index in [0.29, 0.717) is 12.6 Å². The molecule has 0 amide bonds. The van der Waals surface area contributed by atoms with E-state index in [1.165, 1.54) is 12.8 Å². The predicted molar refractivity (Wildman–Crippen MR) is 76.6 cm³/mol. The number of hydrogen-bond donors (Lipinski definition) is 1. The number of nitrogens with zero attached hydrogens (tertiary/aromatic N) is 7. The largest absolute Gasteiger partial charge is 0.362 e. The normalized spacial score (nSPS) is 14.7. The fraction of sp³-hybridized carbons (Fsp3) is 0.462. The second kappa shape index (κ2) is 4.80. The molecule has 1 N–H and O–H groups in total. The number of fused-ring (bicyclic) bond motifs is 1. The lowest BCUT2D eigenvalue weighted by Crippen LogP contribution is -2.03. The molecule has 4 rings (SSSR count). The van der Waals surface area contributed by atoms with Crippen LogP contribution in [0.25, 0.3) is 11.2 Å². The molecule has 3 aromatic rings. The van der Waals surface area contributed by atoms with E-state index in [-0.39, 0.29) is 0 Å². The van der Waals surface area contributed by atoms with Gasteiger partial charge in [0, 0.05) is 12.6 Å². The van der Waals surface area contributed by atoms with Crippen molar-refractivity contribution < 1.29 is 0 Å². The van der Waals surface area contributed by atoms with Crippen LogP contribution in [0.5, 0.6) is 0 Å². The highest BCUT2D eigenvalue weighted by molar-refractivity contribution is 5.82. The average Bonchev–Trinajstić information content (AvgIpc) is 3.10. The molecule has 0 aliphatic heterocycles. The van der Waals surface area contributed by atoms with Gasteiger partial charge in [-0.25, -0.2) is 15.0 Å². The van der Waals surface area contributed by atoms with Gasteiger partial charge in [-0.2, -0.15) is 0 Å². The molecule has 8 nitrogen and oxygen atoms in total. The lowest BCUT2D eigenvalue weighted by molar-refractivity contribution is 0.626. The molecule has 0 bridgehead atoms. The third kappa shape index (κ3) is 2.22. The number of aryl methyl sites for hydroxylation is 1. The number of anilines is 1. The minimum absolute atomic E-state index is 0.558. The Balaban J connectivity index is 1.58. The molecule has 1 aliphatic carbocycles. The number of rotatable bonds is 5. The van der Waals surface area contributed by atoms with Crippen molar-refractivity contribution in [3.05, 3.63) is 24.5 Å². The van der Waals surface area contributed by atoms with E-state index in [2.05, 4.69) is 35.1 Å². The first-order chi connectivity index (χ1) is 10.3. The summed E-state index contributed by atoms with van der Waals surface area (Å²) in [6.07, 6.45) is 7.77. The van der Waals surface area contributed by atoms with Crippen LogP contribution in [0.15, 0.2) is 18.9 Å². The Morgan fingerprint density at radius 2 is 2.19 bits per heavy atom. The molecule has 3 heterocycles. The van der Waals surface area contributed by atoms with Crippen molar-refractivity contribution in [2.24, 2.45) is 0 Å². The van der Waals surface area contributed by atoms with Crippen LogP contribution in [0.4, 0.5) is 5.82 Å². The molecule has 1 saturated carbocycles. The van der Waals surface area contributed by atoms with Crippen molar-refractivity contribution in [3.8, 4) is 0 Å². The molecule has 0 aromatic carbocycles. The molecule has 108 valence electrons. The van der Waals surface area contributed by atoms with E-state index in [0.717, 1.165) is 29.2 Å². The Morgan fingerprint density at radius 3 is 2.95 bits per heavy atom. The van der Waals surface area contributed by atoms with E-state index in [1.807, 2.05) is 19.4 Å². The number of hydrogen-bond acceptors (Lipinski definition) is 6. The molecule has 0 radical (unpaired) electrons. The van der Waals surface area contributed by atoms with E-state index in [4.69, 9.17) is 0 Å². The third-order valence-corrected chi connectivity index (χ3v) is 3.65. The zero-order valence-electron chi connectivity index (χ0n) is 11.8. The second-order valence-corrected chi connectivity index (χ2v) is 5.20. The average molecular weight is 284 g/mol. The van der Waals surface area contributed by atoms with Gasteiger partial charge in [0.2, 0.25) is 0 Å². The first-order valence-corrected chi connectivity index (χ1v) is 7.15. The second-order valence-electron chi connectivity index (χ2n) is 5.20. The zero-order chi connectivity index (χ0) is 14.2. The number of nitrogens with one attached hydrogen (secondary N) is 1. The third-order valence-electron chi connectivity index (χ3n) is 3.65. The van der Waals surface area contributed by atoms with Crippen LogP contribution in [0.3, 0.4) is 0 Å². The summed E-state index contributed by atoms with van der Waals surface area (Å²) < 4.78 is 3.93. The molecular formula is C13H16N8. The smallest absolute Gasteiger partial charge is 0.165 e. The quantitative estimate of drug-likeness (QED) is 0.761. The van der Waals surface area contributed by atoms with E-state index < -0.39 is 0 Å². The van der Waals surface area contributed by atoms with Gasteiger partial charge in [0.25, 0.3) is 0 Å². The molecule has 0 atom stereocenters. The van der Waals surface area contributed by atoms with E-state index >= 15 is 0 Å². The summed E-state index contributed by atoms with van der Waals surface area (Å²) in [6.45, 7) is 3.42. The van der Waals surface area contributed by atoms with Crippen molar-refractivity contribution in [2.45, 2.75) is 38.9 Å². The van der Waals surface area contributed by atoms with Gasteiger partial charge in [-0.1, -0.05) is 5.21 Å². The van der Waals surface area contributed by atoms with Crippen LogP contribution in [-0.4, -0.2) is 34.5 Å². The van der Waals surface area contributed by atoms with Crippen molar-refractivity contribution in [2.75, 3.05) is 5.32 Å². The van der Waals surface area contributed by atoms with Crippen LogP contribution in [0, 0.1) is 0 Å². The Hall–Kier alpha value is -2.51. The summed E-state index contributed by atoms with van der Waals surface area (Å²) in [5, 5.41) is 11.4. The monoisotopic (exact) mass is 284 g/mol. The summed E-state index contributed by atoms with van der Waals surface area (Å²) in [5.41, 5.74) is 2.59. The standard InChI is InChI=1S/C13H16N8/c1-2-20-6-9(18-19-20)5-14-12-11-13(16-7-15-12)21(8-17-11)10-3-4-10/h6-8,10H,2-5H2,1H3,(H,14,15,16). The molecule has 0 spiro atoms. The van der Waals surface area contributed by atoms with Crippen molar-refractivity contribution in [1.29, 1.82) is 0 Å². The van der Waals surface area contributed by atoms with Crippen LogP contribution < -0.4 is 5.32 Å². The summed E-state index contributed by atoms with van der Waals surface area (Å²) in [5.74, 6) is 0.741. The lowest BCUT2D eigenvalue weighted by atomic mass is 10.4. The molecule has 3 aromatic heterocycles. The summed E-state index contributed by atoms with van der Waals surface area (Å²) >= 11 is 0. The Bertz CT molecular complexity index is 769. The van der Waals surface area contributed by atoms with Crippen molar-refractivity contribution in [3.63, 3.8) is 0 Å². The van der Waals surface area contributed by atoms with Gasteiger partial charge in [-0.15, -0.1) is 5.10 Å². The molecule has 1 aliphatic rings. The highest BCUT2D eigenvalue weighted by atomic mass is 15.4. The Labute approximate surface area is 121 Å². The van der Waals surface area contributed by atoms with Crippen LogP contribution in [0.1, 0.15) is 31.5 Å². The van der Waals surface area contributed by atoms with Crippen LogP contribution >= 0.6 is 0 Å². The topological polar surface area (TPSA) is 86.3 Å². The minimum atomic E-state index is 0.558. The van der Waals surface area contributed by atoms with Gasteiger partial charge in [-0.3, -0.25) is 4.68 Å². The highest BCUT2D eigenvalue weighted by Gasteiger charge is 2.26. The van der Waals surface area contributed by atoms with Gasteiger partial charge in [0.15, 0.2) is 11.5 Å². The molecule has 8 heteroatoms. The summed E-state index contributed by atoms with van der Waals surface area (Å²) in [7, 11) is 0. The summed E-state index contributed by atoms with van der Waals surface area (Å²) in [4.78, 5) is 13.1. The number of imidazole rings is 1. The van der Waals surface area contributed by atoms with Gasteiger partial charge in [-0.05, 0) is 19.8 Å². The Kier molecular flexibility index (Phi) is 2.80. The van der Waals surface area contributed by atoms with Gasteiger partial charge in [0.1, 0.15) is 17.5 Å². The van der Waals surface area contributed by atoms with Crippen LogP contribution in [0.2, 0.25) is 0 Å². The molecule has 0 unspecified atom stereocenters. The fourth-order valence-electron chi connectivity index (χ4n) is 2.35. The fourth-order valence-corrected chi connectivity index (χ4v) is 2.35. The predicted octanol–water partition coefficient (Wildman–Crippen LogP) is 1.38. The van der Waals surface area contributed by atoms with E-state index in [9.17, 15) is 0 Å². The van der Waals surface area contributed by atoms with Crippen molar-refractivity contribution >= 4 is 17.0 Å². The maximum atomic E-state index is 4.45.